The van der Waals surface area contributed by atoms with E-state index in [0.29, 0.717) is 0 Å². The van der Waals surface area contributed by atoms with Crippen LogP contribution >= 0.6 is 0 Å². The number of carbonyl (C=O) groups excluding carboxylic acids is 2. The minimum absolute atomic E-state index is 0.178. The van der Waals surface area contributed by atoms with Crippen molar-refractivity contribution in [2.24, 2.45) is 11.8 Å². The number of rotatable bonds is 1. The fraction of sp³-hybridized carbons (Fsp3) is 0.263. The van der Waals surface area contributed by atoms with Crippen LogP contribution in [0, 0.1) is 11.8 Å². The number of benzene rings is 2. The lowest BCUT2D eigenvalue weighted by atomic mass is 9.47. The monoisotopic (exact) mass is 306 g/mol. The topological polar surface area (TPSA) is 52.6 Å². The largest absolute Gasteiger partial charge is 0.393 e. The molecule has 0 spiro atoms. The van der Waals surface area contributed by atoms with Crippen molar-refractivity contribution < 1.29 is 19.1 Å². The molecule has 0 N–H and O–H groups in total. The lowest BCUT2D eigenvalue weighted by Gasteiger charge is -2.57. The SMILES string of the molecule is CO[C@]12c3ccccc3-c3ccccc3C1[C@H]1C(=O)OC(=O)[C@H]12. The standard InChI is InChI=1S/C19H14O4/c1-22-19-13-9-5-4-7-11(13)10-6-2-3-8-12(10)15(19)14-16(19)18(21)23-17(14)20/h2-9,14-16H,1H3/t14-,15?,16+,19-/m1/s1. The zero-order valence-electron chi connectivity index (χ0n) is 12.5. The summed E-state index contributed by atoms with van der Waals surface area (Å²) in [5.41, 5.74) is 3.39. The first-order valence-corrected chi connectivity index (χ1v) is 7.69. The average Bonchev–Trinajstić information content (AvgIpc) is 2.80. The number of methoxy groups -OCH3 is 1. The van der Waals surface area contributed by atoms with Gasteiger partial charge in [-0.15, -0.1) is 0 Å². The number of ether oxygens (including phenoxy) is 2. The molecule has 2 aromatic rings. The smallest absolute Gasteiger partial charge is 0.320 e. The van der Waals surface area contributed by atoms with Crippen LogP contribution in [0.3, 0.4) is 0 Å². The molecular weight excluding hydrogens is 292 g/mol. The Hall–Kier alpha value is -2.46. The van der Waals surface area contributed by atoms with E-state index in [2.05, 4.69) is 6.07 Å². The van der Waals surface area contributed by atoms with Gasteiger partial charge in [0.2, 0.25) is 0 Å². The second-order valence-corrected chi connectivity index (χ2v) is 6.35. The Balaban J connectivity index is 1.86. The van der Waals surface area contributed by atoms with Crippen molar-refractivity contribution in [3.05, 3.63) is 59.7 Å². The number of fused-ring (bicyclic) bond motifs is 9. The third kappa shape index (κ3) is 1.28. The van der Waals surface area contributed by atoms with E-state index in [0.717, 1.165) is 22.3 Å². The predicted octanol–water partition coefficient (Wildman–Crippen LogP) is 2.62. The highest BCUT2D eigenvalue weighted by Gasteiger charge is 2.75. The van der Waals surface area contributed by atoms with Gasteiger partial charge in [-0.1, -0.05) is 48.5 Å². The van der Waals surface area contributed by atoms with Crippen LogP contribution in [0.2, 0.25) is 0 Å². The van der Waals surface area contributed by atoms with Crippen molar-refractivity contribution in [3.8, 4) is 11.1 Å². The molecule has 0 aromatic heterocycles. The van der Waals surface area contributed by atoms with Crippen LogP contribution in [0.15, 0.2) is 48.5 Å². The van der Waals surface area contributed by atoms with Gasteiger partial charge in [0.1, 0.15) is 11.5 Å². The number of carbonyl (C=O) groups is 2. The third-order valence-electron chi connectivity index (χ3n) is 5.64. The van der Waals surface area contributed by atoms with Crippen LogP contribution in [0.5, 0.6) is 0 Å². The van der Waals surface area contributed by atoms with E-state index in [-0.39, 0.29) is 5.92 Å². The summed E-state index contributed by atoms with van der Waals surface area (Å²) in [5.74, 6) is -2.07. The number of esters is 2. The Morgan fingerprint density at radius 2 is 1.61 bits per heavy atom. The summed E-state index contributed by atoms with van der Waals surface area (Å²) in [7, 11) is 1.62. The van der Waals surface area contributed by atoms with Gasteiger partial charge in [-0.05, 0) is 22.3 Å². The lowest BCUT2D eigenvalue weighted by Crippen LogP contribution is -2.62. The third-order valence-corrected chi connectivity index (χ3v) is 5.64. The van der Waals surface area contributed by atoms with Gasteiger partial charge in [0.25, 0.3) is 0 Å². The van der Waals surface area contributed by atoms with Crippen molar-refractivity contribution in [2.45, 2.75) is 11.5 Å². The molecule has 0 bridgehead atoms. The Kier molecular flexibility index (Phi) is 2.31. The summed E-state index contributed by atoms with van der Waals surface area (Å²) >= 11 is 0. The Bertz CT molecular complexity index is 871. The molecule has 1 saturated carbocycles. The fourth-order valence-electron chi connectivity index (χ4n) is 4.82. The van der Waals surface area contributed by atoms with E-state index in [1.807, 2.05) is 42.5 Å². The van der Waals surface area contributed by atoms with Crippen LogP contribution in [0.1, 0.15) is 17.0 Å². The van der Waals surface area contributed by atoms with E-state index < -0.39 is 29.4 Å². The summed E-state index contributed by atoms with van der Waals surface area (Å²) in [6.07, 6.45) is 0. The lowest BCUT2D eigenvalue weighted by molar-refractivity contribution is -0.188. The maximum absolute atomic E-state index is 12.3. The molecule has 1 heterocycles. The van der Waals surface area contributed by atoms with Crippen molar-refractivity contribution in [1.29, 1.82) is 0 Å². The molecule has 2 aliphatic carbocycles. The summed E-state index contributed by atoms with van der Waals surface area (Å²) in [6, 6.07) is 16.0. The van der Waals surface area contributed by atoms with Crippen LogP contribution < -0.4 is 0 Å². The molecule has 1 unspecified atom stereocenters. The van der Waals surface area contributed by atoms with Gasteiger partial charge in [-0.3, -0.25) is 9.59 Å². The van der Waals surface area contributed by atoms with Crippen LogP contribution in [-0.2, 0) is 24.7 Å². The molecule has 1 saturated heterocycles. The number of hydrogen-bond acceptors (Lipinski definition) is 4. The summed E-state index contributed by atoms with van der Waals surface area (Å²) < 4.78 is 10.9. The molecule has 2 aromatic carbocycles. The Morgan fingerprint density at radius 3 is 2.39 bits per heavy atom. The maximum Gasteiger partial charge on any atom is 0.320 e. The van der Waals surface area contributed by atoms with Gasteiger partial charge in [-0.25, -0.2) is 0 Å². The molecule has 3 aliphatic rings. The fourth-order valence-corrected chi connectivity index (χ4v) is 4.82. The predicted molar refractivity (Wildman–Crippen MR) is 81.4 cm³/mol. The molecule has 23 heavy (non-hydrogen) atoms. The van der Waals surface area contributed by atoms with E-state index in [1.165, 1.54) is 0 Å². The minimum atomic E-state index is -0.807. The second kappa shape index (κ2) is 4.09. The Labute approximate surface area is 133 Å². The summed E-state index contributed by atoms with van der Waals surface area (Å²) in [4.78, 5) is 24.4. The first-order valence-electron chi connectivity index (χ1n) is 7.69. The first-order chi connectivity index (χ1) is 11.2. The van der Waals surface area contributed by atoms with Gasteiger partial charge >= 0.3 is 11.9 Å². The first kappa shape index (κ1) is 13.0. The highest BCUT2D eigenvalue weighted by molar-refractivity contribution is 6.02. The minimum Gasteiger partial charge on any atom is -0.393 e. The molecule has 0 radical (unpaired) electrons. The number of cyclic esters (lactones) is 2. The van der Waals surface area contributed by atoms with Gasteiger partial charge in [0.15, 0.2) is 0 Å². The van der Waals surface area contributed by atoms with E-state index >= 15 is 0 Å². The second-order valence-electron chi connectivity index (χ2n) is 6.35. The van der Waals surface area contributed by atoms with Crippen molar-refractivity contribution in [1.82, 2.24) is 0 Å². The van der Waals surface area contributed by atoms with Gasteiger partial charge < -0.3 is 9.47 Å². The zero-order valence-corrected chi connectivity index (χ0v) is 12.5. The number of hydrogen-bond donors (Lipinski definition) is 0. The van der Waals surface area contributed by atoms with E-state index in [4.69, 9.17) is 9.47 Å². The van der Waals surface area contributed by atoms with Crippen molar-refractivity contribution >= 4 is 11.9 Å². The molecule has 4 nitrogen and oxygen atoms in total. The molecule has 4 heteroatoms. The van der Waals surface area contributed by atoms with E-state index in [9.17, 15) is 9.59 Å². The quantitative estimate of drug-likeness (QED) is 0.600. The maximum atomic E-state index is 12.3. The van der Waals surface area contributed by atoms with Crippen LogP contribution in [-0.4, -0.2) is 19.0 Å². The van der Waals surface area contributed by atoms with Gasteiger partial charge in [0, 0.05) is 13.0 Å². The summed E-state index contributed by atoms with van der Waals surface area (Å²) in [5, 5.41) is 0. The average molecular weight is 306 g/mol. The van der Waals surface area contributed by atoms with E-state index in [1.54, 1.807) is 7.11 Å². The van der Waals surface area contributed by atoms with Crippen molar-refractivity contribution in [2.75, 3.05) is 7.11 Å². The molecular formula is C19H14O4. The Morgan fingerprint density at radius 1 is 0.913 bits per heavy atom. The highest BCUT2D eigenvalue weighted by atomic mass is 16.6. The van der Waals surface area contributed by atoms with Gasteiger partial charge in [-0.2, -0.15) is 0 Å². The molecule has 114 valence electrons. The molecule has 0 amide bonds. The van der Waals surface area contributed by atoms with Crippen LogP contribution in [0.25, 0.3) is 11.1 Å². The summed E-state index contributed by atoms with van der Waals surface area (Å²) in [6.45, 7) is 0. The van der Waals surface area contributed by atoms with Gasteiger partial charge in [0.05, 0.1) is 5.92 Å². The van der Waals surface area contributed by atoms with Crippen molar-refractivity contribution in [3.63, 3.8) is 0 Å². The normalized spacial score (nSPS) is 33.0. The molecule has 5 rings (SSSR count). The zero-order chi connectivity index (χ0) is 15.8. The molecule has 1 aliphatic heterocycles. The molecule has 4 atom stereocenters. The molecule has 2 fully saturated rings. The highest BCUT2D eigenvalue weighted by Crippen LogP contribution is 2.69. The van der Waals surface area contributed by atoms with Crippen LogP contribution in [0.4, 0.5) is 0 Å².